The fourth-order valence-electron chi connectivity index (χ4n) is 1.31. The molecule has 17 heavy (non-hydrogen) atoms. The lowest BCUT2D eigenvalue weighted by molar-refractivity contribution is -0.124. The van der Waals surface area contributed by atoms with Crippen molar-refractivity contribution in [3.63, 3.8) is 0 Å². The number of ether oxygens (including phenoxy) is 2. The second kappa shape index (κ2) is 5.54. The number of rotatable bonds is 5. The molecule has 0 aliphatic heterocycles. The molecule has 0 fully saturated rings. The van der Waals surface area contributed by atoms with Crippen molar-refractivity contribution in [3.8, 4) is 11.5 Å². The Hall–Kier alpha value is -1.75. The van der Waals surface area contributed by atoms with Gasteiger partial charge in [-0.1, -0.05) is 6.07 Å². The molecule has 2 atom stereocenters. The van der Waals surface area contributed by atoms with Crippen LogP contribution < -0.4 is 20.9 Å². The average Bonchev–Trinajstić information content (AvgIpc) is 2.28. The van der Waals surface area contributed by atoms with Gasteiger partial charge >= 0.3 is 0 Å². The van der Waals surface area contributed by atoms with Gasteiger partial charge in [0.2, 0.25) is 0 Å². The molecule has 1 amide bonds. The summed E-state index contributed by atoms with van der Waals surface area (Å²) in [6, 6.07) is 5.24. The number of nitrogens with two attached hydrogens (primary N) is 2. The van der Waals surface area contributed by atoms with Crippen molar-refractivity contribution in [1.29, 1.82) is 0 Å². The van der Waals surface area contributed by atoms with E-state index in [-0.39, 0.29) is 6.04 Å². The van der Waals surface area contributed by atoms with Gasteiger partial charge in [0.25, 0.3) is 5.91 Å². The first-order chi connectivity index (χ1) is 7.95. The van der Waals surface area contributed by atoms with Crippen molar-refractivity contribution in [3.05, 3.63) is 23.8 Å². The van der Waals surface area contributed by atoms with Crippen LogP contribution in [0, 0.1) is 0 Å². The second-order valence-electron chi connectivity index (χ2n) is 3.86. The Morgan fingerprint density at radius 2 is 1.94 bits per heavy atom. The molecular formula is C12H18N2O3. The highest BCUT2D eigenvalue weighted by atomic mass is 16.5. The first-order valence-electron chi connectivity index (χ1n) is 5.35. The van der Waals surface area contributed by atoms with E-state index in [1.165, 1.54) is 7.11 Å². The van der Waals surface area contributed by atoms with E-state index in [0.717, 1.165) is 5.56 Å². The van der Waals surface area contributed by atoms with Gasteiger partial charge in [0.15, 0.2) is 17.6 Å². The van der Waals surface area contributed by atoms with Crippen LogP contribution in [0.1, 0.15) is 25.5 Å². The van der Waals surface area contributed by atoms with Gasteiger partial charge in [-0.05, 0) is 31.5 Å². The van der Waals surface area contributed by atoms with Crippen molar-refractivity contribution in [2.45, 2.75) is 26.0 Å². The van der Waals surface area contributed by atoms with E-state index < -0.39 is 12.0 Å². The molecule has 0 aliphatic carbocycles. The number of amides is 1. The molecule has 0 saturated carbocycles. The third kappa shape index (κ3) is 3.35. The molecular weight excluding hydrogens is 220 g/mol. The van der Waals surface area contributed by atoms with Crippen molar-refractivity contribution >= 4 is 5.91 Å². The molecule has 0 spiro atoms. The normalized spacial score (nSPS) is 13.9. The molecule has 0 heterocycles. The van der Waals surface area contributed by atoms with Crippen LogP contribution in [-0.4, -0.2) is 19.1 Å². The number of carbonyl (C=O) groups excluding carboxylic acids is 1. The van der Waals surface area contributed by atoms with E-state index in [9.17, 15) is 4.79 Å². The van der Waals surface area contributed by atoms with Crippen LogP contribution in [0.5, 0.6) is 11.5 Å². The van der Waals surface area contributed by atoms with Crippen LogP contribution in [-0.2, 0) is 4.79 Å². The molecule has 0 aromatic heterocycles. The average molecular weight is 238 g/mol. The summed E-state index contributed by atoms with van der Waals surface area (Å²) in [5.74, 6) is 0.486. The summed E-state index contributed by atoms with van der Waals surface area (Å²) in [4.78, 5) is 10.9. The Morgan fingerprint density at radius 3 is 2.41 bits per heavy atom. The van der Waals surface area contributed by atoms with E-state index in [1.54, 1.807) is 19.1 Å². The van der Waals surface area contributed by atoms with Crippen molar-refractivity contribution in [1.82, 2.24) is 0 Å². The predicted octanol–water partition coefficient (Wildman–Crippen LogP) is 0.968. The number of methoxy groups -OCH3 is 1. The molecule has 1 rings (SSSR count). The summed E-state index contributed by atoms with van der Waals surface area (Å²) < 4.78 is 10.6. The fourth-order valence-corrected chi connectivity index (χ4v) is 1.31. The monoisotopic (exact) mass is 238 g/mol. The maximum atomic E-state index is 10.9. The van der Waals surface area contributed by atoms with Crippen LogP contribution in [0.25, 0.3) is 0 Å². The Morgan fingerprint density at radius 1 is 1.29 bits per heavy atom. The van der Waals surface area contributed by atoms with Gasteiger partial charge in [0.1, 0.15) is 0 Å². The van der Waals surface area contributed by atoms with Crippen molar-refractivity contribution in [2.75, 3.05) is 7.11 Å². The quantitative estimate of drug-likeness (QED) is 0.800. The van der Waals surface area contributed by atoms with E-state index in [0.29, 0.717) is 11.5 Å². The highest BCUT2D eigenvalue weighted by Crippen LogP contribution is 2.30. The van der Waals surface area contributed by atoms with Gasteiger partial charge in [-0.15, -0.1) is 0 Å². The Bertz CT molecular complexity index is 405. The molecule has 1 aromatic rings. The zero-order valence-corrected chi connectivity index (χ0v) is 10.3. The zero-order chi connectivity index (χ0) is 13.0. The molecule has 4 N–H and O–H groups in total. The minimum absolute atomic E-state index is 0.0912. The number of benzene rings is 1. The Labute approximate surface area is 101 Å². The van der Waals surface area contributed by atoms with Crippen LogP contribution in [0.15, 0.2) is 18.2 Å². The van der Waals surface area contributed by atoms with Crippen LogP contribution >= 0.6 is 0 Å². The minimum Gasteiger partial charge on any atom is -0.493 e. The molecule has 0 aliphatic rings. The maximum Gasteiger partial charge on any atom is 0.258 e. The van der Waals surface area contributed by atoms with Gasteiger partial charge in [-0.25, -0.2) is 0 Å². The standard InChI is InChI=1S/C12H18N2O3/c1-7(13)9-4-5-10(11(6-9)16-3)17-8(2)12(14)15/h4-8H,13H2,1-3H3,(H2,14,15). The molecule has 2 unspecified atom stereocenters. The molecule has 0 bridgehead atoms. The highest BCUT2D eigenvalue weighted by molar-refractivity contribution is 5.78. The summed E-state index contributed by atoms with van der Waals surface area (Å²) >= 11 is 0. The maximum absolute atomic E-state index is 10.9. The molecule has 5 nitrogen and oxygen atoms in total. The zero-order valence-electron chi connectivity index (χ0n) is 10.3. The summed E-state index contributed by atoms with van der Waals surface area (Å²) in [7, 11) is 1.53. The predicted molar refractivity (Wildman–Crippen MR) is 64.9 cm³/mol. The summed E-state index contributed by atoms with van der Waals surface area (Å²) in [5, 5.41) is 0. The Kier molecular flexibility index (Phi) is 4.34. The van der Waals surface area contributed by atoms with E-state index in [1.807, 2.05) is 13.0 Å². The fraction of sp³-hybridized carbons (Fsp3) is 0.417. The van der Waals surface area contributed by atoms with Crippen LogP contribution in [0.3, 0.4) is 0 Å². The molecule has 5 heteroatoms. The lowest BCUT2D eigenvalue weighted by atomic mass is 10.1. The third-order valence-corrected chi connectivity index (χ3v) is 2.42. The molecule has 94 valence electrons. The van der Waals surface area contributed by atoms with Crippen LogP contribution in [0.2, 0.25) is 0 Å². The van der Waals surface area contributed by atoms with Gasteiger partial charge in [0, 0.05) is 6.04 Å². The lowest BCUT2D eigenvalue weighted by Gasteiger charge is -2.16. The first-order valence-corrected chi connectivity index (χ1v) is 5.35. The summed E-state index contributed by atoms with van der Waals surface area (Å²) in [6.45, 7) is 3.46. The minimum atomic E-state index is -0.704. The SMILES string of the molecule is COc1cc(C(C)N)ccc1OC(C)C(N)=O. The summed E-state index contributed by atoms with van der Waals surface area (Å²) in [5.41, 5.74) is 11.8. The van der Waals surface area contributed by atoms with E-state index >= 15 is 0 Å². The van der Waals surface area contributed by atoms with E-state index in [4.69, 9.17) is 20.9 Å². The lowest BCUT2D eigenvalue weighted by Crippen LogP contribution is -2.30. The number of hydrogen-bond acceptors (Lipinski definition) is 4. The number of hydrogen-bond donors (Lipinski definition) is 2. The van der Waals surface area contributed by atoms with Gasteiger partial charge in [0.05, 0.1) is 7.11 Å². The third-order valence-electron chi connectivity index (χ3n) is 2.42. The number of carbonyl (C=O) groups is 1. The Balaban J connectivity index is 2.96. The van der Waals surface area contributed by atoms with Crippen LogP contribution in [0.4, 0.5) is 0 Å². The molecule has 0 saturated heterocycles. The van der Waals surface area contributed by atoms with Gasteiger partial charge in [-0.2, -0.15) is 0 Å². The molecule has 1 aromatic carbocycles. The van der Waals surface area contributed by atoms with E-state index in [2.05, 4.69) is 0 Å². The van der Waals surface area contributed by atoms with Crippen molar-refractivity contribution < 1.29 is 14.3 Å². The number of primary amides is 1. The molecule has 0 radical (unpaired) electrons. The largest absolute Gasteiger partial charge is 0.493 e. The highest BCUT2D eigenvalue weighted by Gasteiger charge is 2.14. The first kappa shape index (κ1) is 13.3. The smallest absolute Gasteiger partial charge is 0.258 e. The summed E-state index contributed by atoms with van der Waals surface area (Å²) in [6.07, 6.45) is -0.704. The second-order valence-corrected chi connectivity index (χ2v) is 3.86. The topological polar surface area (TPSA) is 87.6 Å². The van der Waals surface area contributed by atoms with Crippen molar-refractivity contribution in [2.24, 2.45) is 11.5 Å². The van der Waals surface area contributed by atoms with Gasteiger partial charge < -0.3 is 20.9 Å². The van der Waals surface area contributed by atoms with Gasteiger partial charge in [-0.3, -0.25) is 4.79 Å².